The van der Waals surface area contributed by atoms with Gasteiger partial charge in [0.05, 0.1) is 0 Å². The first-order valence-corrected chi connectivity index (χ1v) is 6.99. The normalized spacial score (nSPS) is 11.0. The fourth-order valence-electron chi connectivity index (χ4n) is 2.02. The molecule has 0 aliphatic rings. The number of nitrogens with one attached hydrogen (secondary N) is 2. The number of hydrogen-bond donors (Lipinski definition) is 2. The van der Waals surface area contributed by atoms with Crippen molar-refractivity contribution in [2.24, 2.45) is 0 Å². The Hall–Kier alpha value is -1.85. The average Bonchev–Trinajstić information content (AvgIpc) is 2.79. The Labute approximate surface area is 112 Å². The number of aromatic nitrogens is 4. The van der Waals surface area contributed by atoms with Crippen molar-refractivity contribution in [1.82, 2.24) is 19.8 Å². The van der Waals surface area contributed by atoms with Gasteiger partial charge in [-0.3, -0.25) is 0 Å². The summed E-state index contributed by atoms with van der Waals surface area (Å²) in [5.41, 5.74) is 0.230. The molecule has 0 radical (unpaired) electrons. The highest BCUT2D eigenvalue weighted by molar-refractivity contribution is 5.42. The molecular weight excluding hydrogens is 242 g/mol. The second kappa shape index (κ2) is 6.92. The average molecular weight is 263 g/mol. The van der Waals surface area contributed by atoms with Gasteiger partial charge >= 0.3 is 5.69 Å². The third kappa shape index (κ3) is 3.81. The summed E-state index contributed by atoms with van der Waals surface area (Å²) in [7, 11) is 0. The lowest BCUT2D eigenvalue weighted by atomic mass is 10.1. The first kappa shape index (κ1) is 13.6. The molecule has 104 valence electrons. The van der Waals surface area contributed by atoms with Crippen LogP contribution in [-0.2, 0) is 0 Å². The molecule has 0 amide bonds. The Morgan fingerprint density at radius 3 is 2.84 bits per heavy atom. The number of anilines is 1. The van der Waals surface area contributed by atoms with Crippen LogP contribution in [0.4, 0.5) is 5.82 Å². The quantitative estimate of drug-likeness (QED) is 0.716. The summed E-state index contributed by atoms with van der Waals surface area (Å²) in [5.74, 6) is 0.713. The number of hydrogen-bond acceptors (Lipinski definition) is 4. The molecule has 0 atom stereocenters. The van der Waals surface area contributed by atoms with Crippen LogP contribution in [0.2, 0.25) is 0 Å². The van der Waals surface area contributed by atoms with E-state index in [-0.39, 0.29) is 5.69 Å². The number of aromatic amines is 1. The van der Waals surface area contributed by atoms with Gasteiger partial charge in [-0.2, -0.15) is 9.61 Å². The van der Waals surface area contributed by atoms with E-state index in [0.29, 0.717) is 11.5 Å². The molecule has 2 N–H and O–H groups in total. The highest BCUT2D eigenvalue weighted by Gasteiger charge is 2.01. The van der Waals surface area contributed by atoms with Gasteiger partial charge in [0.15, 0.2) is 5.65 Å². The molecule has 19 heavy (non-hydrogen) atoms. The predicted octanol–water partition coefficient (Wildman–Crippen LogP) is 2.19. The maximum atomic E-state index is 11.4. The Morgan fingerprint density at radius 1 is 1.21 bits per heavy atom. The van der Waals surface area contributed by atoms with E-state index in [1.165, 1.54) is 36.6 Å². The van der Waals surface area contributed by atoms with Gasteiger partial charge in [0.1, 0.15) is 5.82 Å². The minimum absolute atomic E-state index is 0.307. The minimum atomic E-state index is -0.307. The second-order valence-electron chi connectivity index (χ2n) is 4.71. The molecule has 0 saturated carbocycles. The van der Waals surface area contributed by atoms with E-state index < -0.39 is 0 Å². The van der Waals surface area contributed by atoms with Crippen LogP contribution in [0.15, 0.2) is 16.9 Å². The van der Waals surface area contributed by atoms with Gasteiger partial charge in [-0.15, -0.1) is 5.10 Å². The zero-order valence-electron chi connectivity index (χ0n) is 11.4. The van der Waals surface area contributed by atoms with E-state index in [0.717, 1.165) is 13.0 Å². The number of fused-ring (bicyclic) bond motifs is 1. The molecule has 0 unspecified atom stereocenters. The smallest absolute Gasteiger partial charge is 0.364 e. The van der Waals surface area contributed by atoms with Gasteiger partial charge in [-0.05, 0) is 18.6 Å². The number of H-pyrrole nitrogens is 1. The van der Waals surface area contributed by atoms with E-state index in [4.69, 9.17) is 0 Å². The molecular formula is C13H21N5O. The molecule has 2 aromatic heterocycles. The van der Waals surface area contributed by atoms with Crippen LogP contribution in [-0.4, -0.2) is 26.4 Å². The SMILES string of the molecule is CCCCCCCCNc1ccc2n[nH]c(=O)n2n1. The van der Waals surface area contributed by atoms with Crippen molar-refractivity contribution in [3.8, 4) is 0 Å². The lowest BCUT2D eigenvalue weighted by molar-refractivity contribution is 0.616. The van der Waals surface area contributed by atoms with Crippen LogP contribution in [0.3, 0.4) is 0 Å². The lowest BCUT2D eigenvalue weighted by Crippen LogP contribution is -2.14. The maximum absolute atomic E-state index is 11.4. The van der Waals surface area contributed by atoms with Crippen molar-refractivity contribution in [1.29, 1.82) is 0 Å². The molecule has 6 heteroatoms. The molecule has 0 fully saturated rings. The van der Waals surface area contributed by atoms with E-state index >= 15 is 0 Å². The number of rotatable bonds is 8. The van der Waals surface area contributed by atoms with Crippen LogP contribution >= 0.6 is 0 Å². The highest BCUT2D eigenvalue weighted by Crippen LogP contribution is 2.06. The van der Waals surface area contributed by atoms with Crippen LogP contribution in [0, 0.1) is 0 Å². The van der Waals surface area contributed by atoms with E-state index in [1.807, 2.05) is 6.07 Å². The van der Waals surface area contributed by atoms with Crippen molar-refractivity contribution >= 4 is 11.5 Å². The van der Waals surface area contributed by atoms with Gasteiger partial charge in [-0.1, -0.05) is 39.0 Å². The third-order valence-electron chi connectivity index (χ3n) is 3.11. The molecule has 2 heterocycles. The summed E-state index contributed by atoms with van der Waals surface area (Å²) in [6.45, 7) is 3.11. The molecule has 0 spiro atoms. The Morgan fingerprint density at radius 2 is 2.00 bits per heavy atom. The number of nitrogens with zero attached hydrogens (tertiary/aromatic N) is 3. The monoisotopic (exact) mass is 263 g/mol. The summed E-state index contributed by atoms with van der Waals surface area (Å²) in [5, 5.41) is 13.6. The first-order chi connectivity index (χ1) is 9.31. The predicted molar refractivity (Wildman–Crippen MR) is 75.5 cm³/mol. The van der Waals surface area contributed by atoms with Crippen molar-refractivity contribution in [2.75, 3.05) is 11.9 Å². The summed E-state index contributed by atoms with van der Waals surface area (Å²) < 4.78 is 1.27. The van der Waals surface area contributed by atoms with Gasteiger partial charge in [0, 0.05) is 6.54 Å². The standard InChI is InChI=1S/C13H21N5O/c1-2-3-4-5-6-7-10-14-11-8-9-12-15-16-13(19)18(12)17-11/h8-9H,2-7,10H2,1H3,(H,14,17)(H,16,19). The van der Waals surface area contributed by atoms with Crippen LogP contribution in [0.25, 0.3) is 5.65 Å². The first-order valence-electron chi connectivity index (χ1n) is 6.99. The fourth-order valence-corrected chi connectivity index (χ4v) is 2.02. The fraction of sp³-hybridized carbons (Fsp3) is 0.615. The molecule has 0 bridgehead atoms. The highest BCUT2D eigenvalue weighted by atomic mass is 16.2. The summed E-state index contributed by atoms with van der Waals surface area (Å²) in [6, 6.07) is 3.61. The Bertz CT molecular complexity index is 559. The van der Waals surface area contributed by atoms with Crippen molar-refractivity contribution in [2.45, 2.75) is 45.4 Å². The van der Waals surface area contributed by atoms with Crippen LogP contribution < -0.4 is 11.0 Å². The van der Waals surface area contributed by atoms with Gasteiger partial charge in [-0.25, -0.2) is 9.89 Å². The summed E-state index contributed by atoms with van der Waals surface area (Å²) >= 11 is 0. The summed E-state index contributed by atoms with van der Waals surface area (Å²) in [4.78, 5) is 11.4. The maximum Gasteiger partial charge on any atom is 0.364 e. The minimum Gasteiger partial charge on any atom is -0.369 e. The van der Waals surface area contributed by atoms with Gasteiger partial charge < -0.3 is 5.32 Å². The van der Waals surface area contributed by atoms with Crippen molar-refractivity contribution < 1.29 is 0 Å². The van der Waals surface area contributed by atoms with Crippen LogP contribution in [0.1, 0.15) is 45.4 Å². The molecule has 2 aromatic rings. The van der Waals surface area contributed by atoms with E-state index in [2.05, 4.69) is 27.5 Å². The topological polar surface area (TPSA) is 75.1 Å². The number of unbranched alkanes of at least 4 members (excludes halogenated alkanes) is 5. The van der Waals surface area contributed by atoms with E-state index in [9.17, 15) is 4.79 Å². The zero-order chi connectivity index (χ0) is 13.5. The molecule has 6 nitrogen and oxygen atoms in total. The lowest BCUT2D eigenvalue weighted by Gasteiger charge is -2.05. The molecule has 2 rings (SSSR count). The Kier molecular flexibility index (Phi) is 4.94. The van der Waals surface area contributed by atoms with Gasteiger partial charge in [0.2, 0.25) is 0 Å². The molecule has 0 aliphatic carbocycles. The van der Waals surface area contributed by atoms with Crippen molar-refractivity contribution in [3.05, 3.63) is 22.6 Å². The Balaban J connectivity index is 1.75. The van der Waals surface area contributed by atoms with Crippen molar-refractivity contribution in [3.63, 3.8) is 0 Å². The van der Waals surface area contributed by atoms with Gasteiger partial charge in [0.25, 0.3) is 0 Å². The second-order valence-corrected chi connectivity index (χ2v) is 4.71. The largest absolute Gasteiger partial charge is 0.369 e. The molecule has 0 saturated heterocycles. The molecule has 0 aromatic carbocycles. The van der Waals surface area contributed by atoms with E-state index in [1.54, 1.807) is 6.07 Å². The summed E-state index contributed by atoms with van der Waals surface area (Å²) in [6.07, 6.45) is 7.59. The third-order valence-corrected chi connectivity index (χ3v) is 3.11. The zero-order valence-corrected chi connectivity index (χ0v) is 11.4. The molecule has 0 aliphatic heterocycles. The van der Waals surface area contributed by atoms with Crippen LogP contribution in [0.5, 0.6) is 0 Å².